The number of imidazole rings is 1. The highest BCUT2D eigenvalue weighted by atomic mass is 127. The number of aromatic amines is 1. The maximum absolute atomic E-state index is 12.7. The van der Waals surface area contributed by atoms with Gasteiger partial charge in [0.05, 0.1) is 23.7 Å². The summed E-state index contributed by atoms with van der Waals surface area (Å²) >= 11 is 1.87. The van der Waals surface area contributed by atoms with Crippen LogP contribution in [0, 0.1) is 5.41 Å². The van der Waals surface area contributed by atoms with Crippen LogP contribution in [0.2, 0.25) is 0 Å². The Morgan fingerprint density at radius 3 is 2.32 bits per heavy atom. The van der Waals surface area contributed by atoms with Crippen molar-refractivity contribution in [3.63, 3.8) is 0 Å². The number of carbonyl (C=O) groups excluding carboxylic acids is 2. The van der Waals surface area contributed by atoms with Crippen LogP contribution in [0.4, 0.5) is 5.69 Å². The Bertz CT molecular complexity index is 1390. The number of Topliss-reactive ketones (excluding diaryl/α,β-unsaturated/α-hetero) is 1. The molecule has 4 aromatic rings. The number of ketones is 1. The molecule has 0 fully saturated rings. The summed E-state index contributed by atoms with van der Waals surface area (Å²) in [5.41, 5.74) is 3.90. The van der Waals surface area contributed by atoms with Gasteiger partial charge in [0.15, 0.2) is 5.78 Å². The molecule has 7 nitrogen and oxygen atoms in total. The van der Waals surface area contributed by atoms with E-state index in [4.69, 9.17) is 7.80 Å². The molecule has 0 radical (unpaired) electrons. The largest absolute Gasteiger partial charge is 0.491 e. The summed E-state index contributed by atoms with van der Waals surface area (Å²) in [6, 6.07) is 20.1. The summed E-state index contributed by atoms with van der Waals surface area (Å²) in [7, 11) is 0. The van der Waals surface area contributed by atoms with Gasteiger partial charge in [0.1, 0.15) is 34.6 Å². The maximum Gasteiger partial charge on any atom is 0.255 e. The zero-order chi connectivity index (χ0) is 26.6. The van der Waals surface area contributed by atoms with Gasteiger partial charge in [-0.3, -0.25) is 9.59 Å². The summed E-state index contributed by atoms with van der Waals surface area (Å²) in [5, 5.41) is 2.92. The zero-order valence-corrected chi connectivity index (χ0v) is 23.5. The highest BCUT2D eigenvalue weighted by Crippen LogP contribution is 2.26. The smallest absolute Gasteiger partial charge is 0.255 e. The number of hydrogen-bond donors (Lipinski definition) is 2. The number of amides is 1. The summed E-state index contributed by atoms with van der Waals surface area (Å²) in [6.07, 6.45) is 0.806. The first kappa shape index (κ1) is 26.8. The minimum absolute atomic E-state index is 0.0211. The lowest BCUT2D eigenvalue weighted by Crippen LogP contribution is -2.19. The Balaban J connectivity index is 1.41. The van der Waals surface area contributed by atoms with Crippen LogP contribution in [0.25, 0.3) is 22.4 Å². The number of aromatic nitrogens is 2. The number of hydrogen-bond acceptors (Lipinski definition) is 5. The average Bonchev–Trinajstić information content (AvgIpc) is 3.30. The molecule has 0 saturated heterocycles. The SMILES string of the molecule is CC(CCOI)Oc1ccc(C(=O)Nc2ccc(-c3nc4ccc(C(=O)C(C)(C)C)cc4[nH]3)cc2)cc1. The van der Waals surface area contributed by atoms with E-state index in [-0.39, 0.29) is 17.8 Å². The van der Waals surface area contributed by atoms with E-state index in [9.17, 15) is 9.59 Å². The van der Waals surface area contributed by atoms with Gasteiger partial charge in [-0.05, 0) is 73.7 Å². The second kappa shape index (κ2) is 11.4. The second-order valence-electron chi connectivity index (χ2n) is 9.98. The molecule has 8 heteroatoms. The molecule has 1 atom stereocenters. The number of H-pyrrole nitrogens is 1. The molecule has 0 aliphatic carbocycles. The molecule has 4 rings (SSSR count). The van der Waals surface area contributed by atoms with Gasteiger partial charge in [-0.2, -0.15) is 0 Å². The number of carbonyl (C=O) groups is 2. The third-order valence-corrected chi connectivity index (χ3v) is 6.34. The fourth-order valence-electron chi connectivity index (χ4n) is 3.82. The molecule has 1 heterocycles. The number of anilines is 1. The molecule has 1 aromatic heterocycles. The summed E-state index contributed by atoms with van der Waals surface area (Å²) in [6.45, 7) is 8.34. The van der Waals surface area contributed by atoms with Crippen molar-refractivity contribution < 1.29 is 17.4 Å². The van der Waals surface area contributed by atoms with Crippen LogP contribution in [-0.4, -0.2) is 34.4 Å². The molecule has 2 N–H and O–H groups in total. The Hall–Kier alpha value is -3.24. The van der Waals surface area contributed by atoms with E-state index in [1.165, 1.54) is 0 Å². The molecule has 1 amide bonds. The molecular weight excluding hydrogens is 581 g/mol. The number of fused-ring (bicyclic) bond motifs is 1. The number of halogens is 1. The quantitative estimate of drug-likeness (QED) is 0.154. The molecule has 0 aliphatic heterocycles. The van der Waals surface area contributed by atoms with Crippen LogP contribution < -0.4 is 10.1 Å². The lowest BCUT2D eigenvalue weighted by atomic mass is 9.86. The number of nitrogens with zero attached hydrogens (tertiary/aromatic N) is 1. The fourth-order valence-corrected chi connectivity index (χ4v) is 4.08. The van der Waals surface area contributed by atoms with Crippen molar-refractivity contribution in [2.75, 3.05) is 11.9 Å². The molecule has 1 unspecified atom stereocenters. The number of nitrogens with one attached hydrogen (secondary N) is 2. The van der Waals surface area contributed by atoms with Crippen molar-refractivity contribution in [3.05, 3.63) is 77.9 Å². The second-order valence-corrected chi connectivity index (χ2v) is 10.6. The van der Waals surface area contributed by atoms with Crippen LogP contribution in [0.3, 0.4) is 0 Å². The summed E-state index contributed by atoms with van der Waals surface area (Å²) < 4.78 is 10.9. The van der Waals surface area contributed by atoms with Crippen LogP contribution >= 0.6 is 23.0 Å². The summed E-state index contributed by atoms with van der Waals surface area (Å²) in [4.78, 5) is 33.3. The first-order valence-electron chi connectivity index (χ1n) is 12.1. The van der Waals surface area contributed by atoms with Gasteiger partial charge >= 0.3 is 0 Å². The van der Waals surface area contributed by atoms with E-state index in [0.29, 0.717) is 35.0 Å². The number of rotatable bonds is 9. The number of benzene rings is 3. The van der Waals surface area contributed by atoms with Crippen molar-refractivity contribution in [3.8, 4) is 17.1 Å². The van der Waals surface area contributed by atoms with Crippen molar-refractivity contribution >= 4 is 51.4 Å². The van der Waals surface area contributed by atoms with Crippen LogP contribution in [-0.2, 0) is 3.07 Å². The molecule has 192 valence electrons. The van der Waals surface area contributed by atoms with Crippen LogP contribution in [0.5, 0.6) is 5.75 Å². The Labute approximate surface area is 230 Å². The third-order valence-electron chi connectivity index (χ3n) is 5.90. The zero-order valence-electron chi connectivity index (χ0n) is 21.3. The van der Waals surface area contributed by atoms with Gasteiger partial charge < -0.3 is 18.1 Å². The molecule has 0 aliphatic rings. The monoisotopic (exact) mass is 611 g/mol. The Morgan fingerprint density at radius 1 is 1.00 bits per heavy atom. The summed E-state index contributed by atoms with van der Waals surface area (Å²) in [5.74, 6) is 1.29. The average molecular weight is 611 g/mol. The van der Waals surface area contributed by atoms with Gasteiger partial charge in [-0.15, -0.1) is 0 Å². The van der Waals surface area contributed by atoms with E-state index < -0.39 is 5.41 Å². The minimum atomic E-state index is -0.449. The lowest BCUT2D eigenvalue weighted by molar-refractivity contribution is 0.0858. The van der Waals surface area contributed by atoms with E-state index >= 15 is 0 Å². The van der Waals surface area contributed by atoms with E-state index in [2.05, 4.69) is 15.3 Å². The molecule has 3 aromatic carbocycles. The van der Waals surface area contributed by atoms with Crippen molar-refractivity contribution in [1.82, 2.24) is 9.97 Å². The molecular formula is C29H30IN3O4. The predicted molar refractivity (Wildman–Crippen MR) is 154 cm³/mol. The van der Waals surface area contributed by atoms with Crippen molar-refractivity contribution in [2.45, 2.75) is 40.2 Å². The fraction of sp³-hybridized carbons (Fsp3) is 0.276. The van der Waals surface area contributed by atoms with Crippen LogP contribution in [0.15, 0.2) is 66.7 Å². The standard InChI is InChI=1S/C29H30IN3O4/c1-18(15-16-36-30)37-23-12-7-20(8-13-23)28(35)31-22-10-5-19(6-11-22)27-32-24-14-9-21(17-25(24)33-27)26(34)29(2,3)4/h5-14,17-18H,15-16H2,1-4H3,(H,31,35)(H,32,33). The minimum Gasteiger partial charge on any atom is -0.491 e. The first-order chi connectivity index (χ1) is 17.6. The van der Waals surface area contributed by atoms with E-state index in [1.807, 2.05) is 93.2 Å². The van der Waals surface area contributed by atoms with Gasteiger partial charge in [0.2, 0.25) is 0 Å². The van der Waals surface area contributed by atoms with Gasteiger partial charge in [-0.1, -0.05) is 20.8 Å². The van der Waals surface area contributed by atoms with E-state index in [1.54, 1.807) is 24.3 Å². The lowest BCUT2D eigenvalue weighted by Gasteiger charge is -2.16. The normalized spacial score (nSPS) is 12.4. The molecule has 0 bridgehead atoms. The highest BCUT2D eigenvalue weighted by molar-refractivity contribution is 14.1. The van der Waals surface area contributed by atoms with Crippen LogP contribution in [0.1, 0.15) is 54.8 Å². The molecule has 37 heavy (non-hydrogen) atoms. The van der Waals surface area contributed by atoms with Gasteiger partial charge in [0, 0.05) is 34.2 Å². The molecule has 0 spiro atoms. The highest BCUT2D eigenvalue weighted by Gasteiger charge is 2.23. The Morgan fingerprint density at radius 2 is 1.68 bits per heavy atom. The first-order valence-corrected chi connectivity index (χ1v) is 13.0. The Kier molecular flexibility index (Phi) is 8.29. The van der Waals surface area contributed by atoms with Crippen molar-refractivity contribution in [2.24, 2.45) is 5.41 Å². The number of ether oxygens (including phenoxy) is 1. The van der Waals surface area contributed by atoms with Gasteiger partial charge in [0.25, 0.3) is 5.91 Å². The topological polar surface area (TPSA) is 93.3 Å². The van der Waals surface area contributed by atoms with Gasteiger partial charge in [-0.25, -0.2) is 4.98 Å². The predicted octanol–water partition coefficient (Wildman–Crippen LogP) is 7.24. The molecule has 0 saturated carbocycles. The van der Waals surface area contributed by atoms with E-state index in [0.717, 1.165) is 23.0 Å². The maximum atomic E-state index is 12.7. The van der Waals surface area contributed by atoms with Crippen molar-refractivity contribution in [1.29, 1.82) is 0 Å². The third kappa shape index (κ3) is 6.75.